The third-order valence-electron chi connectivity index (χ3n) is 3.84. The van der Waals surface area contributed by atoms with Crippen LogP contribution in [0.15, 0.2) is 23.1 Å². The van der Waals surface area contributed by atoms with Gasteiger partial charge < -0.3 is 10.1 Å². The van der Waals surface area contributed by atoms with E-state index in [0.29, 0.717) is 12.8 Å². The predicted molar refractivity (Wildman–Crippen MR) is 85.8 cm³/mol. The van der Waals surface area contributed by atoms with Gasteiger partial charge in [0.15, 0.2) is 0 Å². The third kappa shape index (κ3) is 4.00. The number of sulfonamides is 1. The van der Waals surface area contributed by atoms with E-state index in [0.717, 1.165) is 26.3 Å². The number of nitrogens with zero attached hydrogens (tertiary/aromatic N) is 1. The monoisotopic (exact) mass is 366 g/mol. The zero-order valence-electron chi connectivity index (χ0n) is 12.9. The first kappa shape index (κ1) is 19.8. The van der Waals surface area contributed by atoms with Gasteiger partial charge in [-0.15, -0.1) is 12.4 Å². The highest BCUT2D eigenvalue weighted by Crippen LogP contribution is 2.25. The fourth-order valence-electron chi connectivity index (χ4n) is 2.54. The molecule has 1 aromatic rings. The molecule has 1 N–H and O–H groups in total. The maximum atomic E-state index is 13.9. The summed E-state index contributed by atoms with van der Waals surface area (Å²) in [6.45, 7) is 1.44. The number of rotatable bonds is 4. The molecule has 9 heteroatoms. The smallest absolute Gasteiger partial charge is 0.342 e. The van der Waals surface area contributed by atoms with Crippen molar-refractivity contribution in [3.05, 3.63) is 29.6 Å². The zero-order valence-corrected chi connectivity index (χ0v) is 14.5. The van der Waals surface area contributed by atoms with Crippen molar-refractivity contribution in [2.75, 3.05) is 27.2 Å². The first-order valence-electron chi connectivity index (χ1n) is 6.95. The Balaban J connectivity index is 0.00000264. The number of hydrogen-bond donors (Lipinski definition) is 1. The second kappa shape index (κ2) is 8.05. The molecule has 6 nitrogen and oxygen atoms in total. The van der Waals surface area contributed by atoms with Crippen LogP contribution in [0.25, 0.3) is 0 Å². The van der Waals surface area contributed by atoms with Crippen molar-refractivity contribution in [2.45, 2.75) is 23.8 Å². The first-order chi connectivity index (χ1) is 10.4. The van der Waals surface area contributed by atoms with Gasteiger partial charge in [-0.25, -0.2) is 17.6 Å². The molecule has 130 valence electrons. The average molecular weight is 367 g/mol. The number of benzene rings is 1. The predicted octanol–water partition coefficient (Wildman–Crippen LogP) is 1.41. The average Bonchev–Trinajstić information content (AvgIpc) is 2.54. The minimum Gasteiger partial charge on any atom is -0.465 e. The van der Waals surface area contributed by atoms with Crippen molar-refractivity contribution >= 4 is 28.4 Å². The molecule has 0 saturated carbocycles. The molecular weight excluding hydrogens is 347 g/mol. The summed E-state index contributed by atoms with van der Waals surface area (Å²) in [7, 11) is -1.44. The van der Waals surface area contributed by atoms with Gasteiger partial charge in [-0.3, -0.25) is 0 Å². The summed E-state index contributed by atoms with van der Waals surface area (Å²) in [6, 6.07) is 3.35. The van der Waals surface area contributed by atoms with Gasteiger partial charge in [0.25, 0.3) is 0 Å². The van der Waals surface area contributed by atoms with Crippen LogP contribution in [0.5, 0.6) is 0 Å². The topological polar surface area (TPSA) is 75.7 Å². The lowest BCUT2D eigenvalue weighted by molar-refractivity contribution is 0.0590. The molecule has 0 radical (unpaired) electrons. The van der Waals surface area contributed by atoms with Gasteiger partial charge in [-0.1, -0.05) is 6.07 Å². The van der Waals surface area contributed by atoms with Crippen LogP contribution in [0.3, 0.4) is 0 Å². The van der Waals surface area contributed by atoms with Crippen LogP contribution in [0.1, 0.15) is 23.2 Å². The zero-order chi connectivity index (χ0) is 16.3. The fourth-order valence-corrected chi connectivity index (χ4v) is 4.14. The lowest BCUT2D eigenvalue weighted by Gasteiger charge is -2.31. The second-order valence-electron chi connectivity index (χ2n) is 5.11. The molecule has 2 rings (SSSR count). The number of carbonyl (C=O) groups is 1. The molecular formula is C14H20ClFN2O4S. The van der Waals surface area contributed by atoms with Gasteiger partial charge in [0.2, 0.25) is 10.0 Å². The van der Waals surface area contributed by atoms with Crippen molar-refractivity contribution in [1.29, 1.82) is 0 Å². The van der Waals surface area contributed by atoms with Gasteiger partial charge in [0, 0.05) is 13.1 Å². The number of ether oxygens (including phenoxy) is 1. The van der Waals surface area contributed by atoms with Crippen molar-refractivity contribution in [3.63, 3.8) is 0 Å². The Hall–Kier alpha value is -1.22. The minimum absolute atomic E-state index is 0. The van der Waals surface area contributed by atoms with Gasteiger partial charge >= 0.3 is 5.97 Å². The summed E-state index contributed by atoms with van der Waals surface area (Å²) in [6.07, 6.45) is 1.33. The Morgan fingerprint density at radius 2 is 1.96 bits per heavy atom. The summed E-state index contributed by atoms with van der Waals surface area (Å²) >= 11 is 0. The van der Waals surface area contributed by atoms with Gasteiger partial charge in [0.05, 0.1) is 12.0 Å². The summed E-state index contributed by atoms with van der Waals surface area (Å²) in [5, 5.41) is 3.15. The van der Waals surface area contributed by atoms with Crippen molar-refractivity contribution in [1.82, 2.24) is 9.62 Å². The molecule has 0 amide bonds. The molecule has 0 unspecified atom stereocenters. The summed E-state index contributed by atoms with van der Waals surface area (Å²) in [5.74, 6) is -1.91. The maximum Gasteiger partial charge on any atom is 0.342 e. The SMILES string of the molecule is COC(=O)c1c(F)cccc1S(=O)(=O)N(C)C1CCNCC1.Cl. The molecule has 23 heavy (non-hydrogen) atoms. The second-order valence-corrected chi connectivity index (χ2v) is 7.07. The van der Waals surface area contributed by atoms with E-state index in [1.54, 1.807) is 0 Å². The van der Waals surface area contributed by atoms with E-state index in [9.17, 15) is 17.6 Å². The molecule has 1 saturated heterocycles. The number of carbonyl (C=O) groups excluding carboxylic acids is 1. The van der Waals surface area contributed by atoms with Crippen LogP contribution in [-0.4, -0.2) is 52.0 Å². The minimum atomic E-state index is -3.98. The Labute approximate surface area is 141 Å². The van der Waals surface area contributed by atoms with E-state index in [1.165, 1.54) is 23.5 Å². The number of nitrogens with one attached hydrogen (secondary N) is 1. The Kier molecular flexibility index (Phi) is 6.94. The molecule has 1 fully saturated rings. The normalized spacial score (nSPS) is 16.0. The Morgan fingerprint density at radius 3 is 2.52 bits per heavy atom. The largest absolute Gasteiger partial charge is 0.465 e. The lowest BCUT2D eigenvalue weighted by atomic mass is 10.1. The summed E-state index contributed by atoms with van der Waals surface area (Å²) < 4.78 is 45.2. The highest BCUT2D eigenvalue weighted by atomic mass is 35.5. The molecule has 0 atom stereocenters. The molecule has 0 spiro atoms. The van der Waals surface area contributed by atoms with Crippen LogP contribution < -0.4 is 5.32 Å². The van der Waals surface area contributed by atoms with Crippen molar-refractivity contribution in [3.8, 4) is 0 Å². The number of esters is 1. The molecule has 0 bridgehead atoms. The first-order valence-corrected chi connectivity index (χ1v) is 8.39. The lowest BCUT2D eigenvalue weighted by Crippen LogP contribution is -2.44. The summed E-state index contributed by atoms with van der Waals surface area (Å²) in [5.41, 5.74) is -0.550. The fraction of sp³-hybridized carbons (Fsp3) is 0.500. The molecule has 1 heterocycles. The van der Waals surface area contributed by atoms with Crippen LogP contribution in [0, 0.1) is 5.82 Å². The van der Waals surface area contributed by atoms with Crippen LogP contribution in [0.2, 0.25) is 0 Å². The quantitative estimate of drug-likeness (QED) is 0.815. The molecule has 0 aromatic heterocycles. The summed E-state index contributed by atoms with van der Waals surface area (Å²) in [4.78, 5) is 11.4. The van der Waals surface area contributed by atoms with E-state index in [4.69, 9.17) is 0 Å². The van der Waals surface area contributed by atoms with Crippen LogP contribution in [0.4, 0.5) is 4.39 Å². The maximum absolute atomic E-state index is 13.9. The van der Waals surface area contributed by atoms with E-state index < -0.39 is 27.4 Å². The van der Waals surface area contributed by atoms with Gasteiger partial charge in [0.1, 0.15) is 11.4 Å². The number of piperidine rings is 1. The van der Waals surface area contributed by atoms with Crippen LogP contribution in [-0.2, 0) is 14.8 Å². The molecule has 0 aliphatic carbocycles. The highest BCUT2D eigenvalue weighted by Gasteiger charge is 2.33. The van der Waals surface area contributed by atoms with E-state index in [-0.39, 0.29) is 23.3 Å². The standard InChI is InChI=1S/C14H19FN2O4S.ClH/c1-17(10-6-8-16-9-7-10)22(19,20)12-5-3-4-11(15)13(12)14(18)21-2;/h3-5,10,16H,6-9H2,1-2H3;1H. The van der Waals surface area contributed by atoms with Crippen molar-refractivity contribution < 1.29 is 22.3 Å². The molecule has 1 aromatic carbocycles. The molecule has 1 aliphatic heterocycles. The number of methoxy groups -OCH3 is 1. The van der Waals surface area contributed by atoms with Gasteiger partial charge in [-0.2, -0.15) is 4.31 Å². The number of hydrogen-bond acceptors (Lipinski definition) is 5. The van der Waals surface area contributed by atoms with E-state index >= 15 is 0 Å². The third-order valence-corrected chi connectivity index (χ3v) is 5.80. The van der Waals surface area contributed by atoms with Crippen LogP contribution >= 0.6 is 12.4 Å². The molecule has 1 aliphatic rings. The Bertz CT molecular complexity index is 663. The van der Waals surface area contributed by atoms with E-state index in [1.807, 2.05) is 0 Å². The Morgan fingerprint density at radius 1 is 1.35 bits per heavy atom. The number of halogens is 2. The highest BCUT2D eigenvalue weighted by molar-refractivity contribution is 7.89. The van der Waals surface area contributed by atoms with E-state index in [2.05, 4.69) is 10.1 Å². The van der Waals surface area contributed by atoms with Crippen molar-refractivity contribution in [2.24, 2.45) is 0 Å². The van der Waals surface area contributed by atoms with Gasteiger partial charge in [-0.05, 0) is 38.1 Å².